The third kappa shape index (κ3) is 2.84. The van der Waals surface area contributed by atoms with Gasteiger partial charge in [-0.25, -0.2) is 0 Å². The zero-order chi connectivity index (χ0) is 12.5. The first-order chi connectivity index (χ1) is 8.00. The Morgan fingerprint density at radius 3 is 2.41 bits per heavy atom. The minimum absolute atomic E-state index is 0.473. The topological polar surface area (TPSA) is 38.5 Å². The quantitative estimate of drug-likeness (QED) is 0.800. The highest BCUT2D eigenvalue weighted by Crippen LogP contribution is 2.34. The largest absolute Gasteiger partial charge is 0.497 e. The van der Waals surface area contributed by atoms with Crippen molar-refractivity contribution < 1.29 is 4.74 Å². The van der Waals surface area contributed by atoms with E-state index in [0.717, 1.165) is 24.5 Å². The fourth-order valence-corrected chi connectivity index (χ4v) is 2.28. The highest BCUT2D eigenvalue weighted by Gasteiger charge is 2.25. The van der Waals surface area contributed by atoms with Gasteiger partial charge in [0, 0.05) is 36.6 Å². The maximum Gasteiger partial charge on any atom is 0.122 e. The van der Waals surface area contributed by atoms with Crippen LogP contribution in [0.25, 0.3) is 0 Å². The Labute approximate surface area is 104 Å². The van der Waals surface area contributed by atoms with E-state index in [4.69, 9.17) is 10.5 Å². The zero-order valence-electron chi connectivity index (χ0n) is 11.0. The van der Waals surface area contributed by atoms with Crippen molar-refractivity contribution in [2.24, 2.45) is 5.41 Å². The third-order valence-corrected chi connectivity index (χ3v) is 3.63. The molecule has 1 saturated heterocycles. The molecule has 1 heterocycles. The zero-order valence-corrected chi connectivity index (χ0v) is 11.0. The van der Waals surface area contributed by atoms with Gasteiger partial charge in [-0.3, -0.25) is 0 Å². The molecule has 1 aliphatic rings. The van der Waals surface area contributed by atoms with Gasteiger partial charge >= 0.3 is 0 Å². The molecule has 17 heavy (non-hydrogen) atoms. The van der Waals surface area contributed by atoms with E-state index in [1.807, 2.05) is 12.1 Å². The highest BCUT2D eigenvalue weighted by atomic mass is 16.5. The number of anilines is 2. The molecule has 0 bridgehead atoms. The van der Waals surface area contributed by atoms with Gasteiger partial charge in [-0.1, -0.05) is 13.8 Å². The van der Waals surface area contributed by atoms with Crippen LogP contribution in [-0.4, -0.2) is 20.2 Å². The van der Waals surface area contributed by atoms with Crippen LogP contribution in [0.5, 0.6) is 5.75 Å². The molecule has 0 atom stereocenters. The molecule has 0 radical (unpaired) electrons. The number of piperidine rings is 1. The van der Waals surface area contributed by atoms with Crippen molar-refractivity contribution in [2.75, 3.05) is 30.8 Å². The van der Waals surface area contributed by atoms with Gasteiger partial charge in [0.15, 0.2) is 0 Å². The van der Waals surface area contributed by atoms with Crippen molar-refractivity contribution in [2.45, 2.75) is 26.7 Å². The lowest BCUT2D eigenvalue weighted by Gasteiger charge is -2.38. The van der Waals surface area contributed by atoms with E-state index in [1.165, 1.54) is 18.5 Å². The second-order valence-electron chi connectivity index (χ2n) is 5.62. The van der Waals surface area contributed by atoms with Crippen molar-refractivity contribution in [1.82, 2.24) is 0 Å². The molecule has 0 aromatic heterocycles. The SMILES string of the molecule is COc1cc(N)cc(N2CCC(C)(C)CC2)c1. The van der Waals surface area contributed by atoms with E-state index < -0.39 is 0 Å². The smallest absolute Gasteiger partial charge is 0.122 e. The Bertz CT molecular complexity index is 391. The fraction of sp³-hybridized carbons (Fsp3) is 0.571. The van der Waals surface area contributed by atoms with Gasteiger partial charge in [0.1, 0.15) is 5.75 Å². The van der Waals surface area contributed by atoms with E-state index in [0.29, 0.717) is 5.41 Å². The van der Waals surface area contributed by atoms with Crippen LogP contribution in [0.4, 0.5) is 11.4 Å². The van der Waals surface area contributed by atoms with Crippen LogP contribution in [-0.2, 0) is 0 Å². The van der Waals surface area contributed by atoms with Gasteiger partial charge in [-0.15, -0.1) is 0 Å². The standard InChI is InChI=1S/C14H22N2O/c1-14(2)4-6-16(7-5-14)12-8-11(15)9-13(10-12)17-3/h8-10H,4-7,15H2,1-3H3. The molecular formula is C14H22N2O. The Balaban J connectivity index is 2.15. The molecule has 1 aromatic rings. The van der Waals surface area contributed by atoms with Gasteiger partial charge in [-0.2, -0.15) is 0 Å². The van der Waals surface area contributed by atoms with Crippen LogP contribution in [0, 0.1) is 5.41 Å². The molecule has 2 rings (SSSR count). The van der Waals surface area contributed by atoms with Crippen LogP contribution < -0.4 is 15.4 Å². The van der Waals surface area contributed by atoms with Crippen molar-refractivity contribution in [3.8, 4) is 5.75 Å². The average molecular weight is 234 g/mol. The van der Waals surface area contributed by atoms with E-state index in [9.17, 15) is 0 Å². The molecule has 0 saturated carbocycles. The van der Waals surface area contributed by atoms with E-state index in [2.05, 4.69) is 24.8 Å². The van der Waals surface area contributed by atoms with Crippen molar-refractivity contribution in [3.63, 3.8) is 0 Å². The summed E-state index contributed by atoms with van der Waals surface area (Å²) in [7, 11) is 1.68. The second kappa shape index (κ2) is 4.47. The lowest BCUT2D eigenvalue weighted by Crippen LogP contribution is -2.37. The number of hydrogen-bond donors (Lipinski definition) is 1. The van der Waals surface area contributed by atoms with Crippen LogP contribution >= 0.6 is 0 Å². The minimum Gasteiger partial charge on any atom is -0.497 e. The number of nitrogen functional groups attached to an aromatic ring is 1. The summed E-state index contributed by atoms with van der Waals surface area (Å²) < 4.78 is 5.26. The highest BCUT2D eigenvalue weighted by molar-refractivity contribution is 5.60. The van der Waals surface area contributed by atoms with Gasteiger partial charge in [0.2, 0.25) is 0 Å². The average Bonchev–Trinajstić information content (AvgIpc) is 2.28. The van der Waals surface area contributed by atoms with E-state index in [1.54, 1.807) is 7.11 Å². The molecule has 2 N–H and O–H groups in total. The van der Waals surface area contributed by atoms with Gasteiger partial charge < -0.3 is 15.4 Å². The number of benzene rings is 1. The summed E-state index contributed by atoms with van der Waals surface area (Å²) in [5, 5.41) is 0. The van der Waals surface area contributed by atoms with Crippen LogP contribution in [0.15, 0.2) is 18.2 Å². The molecule has 1 aromatic carbocycles. The molecule has 3 heteroatoms. The number of ether oxygens (including phenoxy) is 1. The molecule has 1 aliphatic heterocycles. The summed E-state index contributed by atoms with van der Waals surface area (Å²) in [4.78, 5) is 2.39. The normalized spacial score (nSPS) is 19.1. The fourth-order valence-electron chi connectivity index (χ4n) is 2.28. The van der Waals surface area contributed by atoms with Crippen molar-refractivity contribution in [3.05, 3.63) is 18.2 Å². The molecule has 1 fully saturated rings. The summed E-state index contributed by atoms with van der Waals surface area (Å²) in [6, 6.07) is 5.95. The van der Waals surface area contributed by atoms with Gasteiger partial charge in [0.05, 0.1) is 7.11 Å². The predicted molar refractivity (Wildman–Crippen MR) is 72.6 cm³/mol. The lowest BCUT2D eigenvalue weighted by atomic mass is 9.82. The third-order valence-electron chi connectivity index (χ3n) is 3.63. The Morgan fingerprint density at radius 2 is 1.82 bits per heavy atom. The first-order valence-electron chi connectivity index (χ1n) is 6.20. The molecule has 3 nitrogen and oxygen atoms in total. The molecular weight excluding hydrogens is 212 g/mol. The van der Waals surface area contributed by atoms with Gasteiger partial charge in [-0.05, 0) is 24.3 Å². The number of hydrogen-bond acceptors (Lipinski definition) is 3. The minimum atomic E-state index is 0.473. The molecule has 94 valence electrons. The summed E-state index contributed by atoms with van der Waals surface area (Å²) in [5.41, 5.74) is 8.31. The maximum absolute atomic E-state index is 5.89. The van der Waals surface area contributed by atoms with E-state index in [-0.39, 0.29) is 0 Å². The number of nitrogens with zero attached hydrogens (tertiary/aromatic N) is 1. The number of nitrogens with two attached hydrogens (primary N) is 1. The number of methoxy groups -OCH3 is 1. The van der Waals surface area contributed by atoms with Crippen LogP contribution in [0.1, 0.15) is 26.7 Å². The second-order valence-corrected chi connectivity index (χ2v) is 5.62. The van der Waals surface area contributed by atoms with E-state index >= 15 is 0 Å². The predicted octanol–water partition coefficient (Wildman–Crippen LogP) is 2.90. The number of rotatable bonds is 2. The summed E-state index contributed by atoms with van der Waals surface area (Å²) in [6.07, 6.45) is 2.45. The Hall–Kier alpha value is -1.38. The summed E-state index contributed by atoms with van der Waals surface area (Å²) >= 11 is 0. The first kappa shape index (κ1) is 12.1. The Morgan fingerprint density at radius 1 is 1.18 bits per heavy atom. The van der Waals surface area contributed by atoms with Crippen LogP contribution in [0.2, 0.25) is 0 Å². The van der Waals surface area contributed by atoms with Gasteiger partial charge in [0.25, 0.3) is 0 Å². The van der Waals surface area contributed by atoms with Crippen molar-refractivity contribution >= 4 is 11.4 Å². The monoisotopic (exact) mass is 234 g/mol. The first-order valence-corrected chi connectivity index (χ1v) is 6.20. The summed E-state index contributed by atoms with van der Waals surface area (Å²) in [5.74, 6) is 0.838. The molecule has 0 aliphatic carbocycles. The molecule has 0 amide bonds. The lowest BCUT2D eigenvalue weighted by molar-refractivity contribution is 0.280. The summed E-state index contributed by atoms with van der Waals surface area (Å²) in [6.45, 7) is 6.87. The van der Waals surface area contributed by atoms with Crippen LogP contribution in [0.3, 0.4) is 0 Å². The van der Waals surface area contributed by atoms with Crippen molar-refractivity contribution in [1.29, 1.82) is 0 Å². The maximum atomic E-state index is 5.89. The Kier molecular flexibility index (Phi) is 3.18. The molecule has 0 spiro atoms. The molecule has 0 unspecified atom stereocenters.